The number of amides is 2. The van der Waals surface area contributed by atoms with Crippen LogP contribution in [0.15, 0.2) is 53.8 Å². The Labute approximate surface area is 409 Å². The summed E-state index contributed by atoms with van der Waals surface area (Å²) < 4.78 is 12.7. The first-order chi connectivity index (χ1) is 33.4. The number of nitrogens with one attached hydrogen (secondary N) is 3. The lowest BCUT2D eigenvalue weighted by Crippen LogP contribution is -2.50. The summed E-state index contributed by atoms with van der Waals surface area (Å²) in [5.41, 5.74) is 9.14. The number of aromatic nitrogens is 8. The highest BCUT2D eigenvalue weighted by Crippen LogP contribution is 2.31. The van der Waals surface area contributed by atoms with Gasteiger partial charge in [-0.05, 0) is 98.4 Å². The number of carbonyl (C=O) groups is 2. The quantitative estimate of drug-likeness (QED) is 0.112. The second kappa shape index (κ2) is 21.3. The van der Waals surface area contributed by atoms with E-state index in [1.165, 1.54) is 12.8 Å². The Morgan fingerprint density at radius 1 is 0.629 bits per heavy atom. The molecule has 0 atom stereocenters. The molecule has 21 heteroatoms. The number of nitrogen functional groups attached to an aromatic ring is 1. The summed E-state index contributed by atoms with van der Waals surface area (Å²) in [6, 6.07) is 8.34. The summed E-state index contributed by atoms with van der Waals surface area (Å²) in [6.45, 7) is 18.3. The highest BCUT2D eigenvalue weighted by Gasteiger charge is 2.28. The molecular weight excluding hydrogens is 893 g/mol. The Bertz CT molecular complexity index is 2640. The molecule has 2 aliphatic carbocycles. The number of nitrogens with zero attached hydrogens (tertiary/aromatic N) is 12. The van der Waals surface area contributed by atoms with Crippen molar-refractivity contribution >= 4 is 69.8 Å². The number of rotatable bonds is 9. The molecule has 2 amide bonds. The second-order valence-corrected chi connectivity index (χ2v) is 20.3. The van der Waals surface area contributed by atoms with Gasteiger partial charge in [-0.25, -0.2) is 34.5 Å². The Morgan fingerprint density at radius 2 is 1.11 bits per heavy atom. The number of hydrogen-bond acceptors (Lipinski definition) is 18. The third-order valence-corrected chi connectivity index (χ3v) is 12.6. The van der Waals surface area contributed by atoms with Crippen molar-refractivity contribution in [2.75, 3.05) is 83.8 Å². The van der Waals surface area contributed by atoms with E-state index in [0.29, 0.717) is 97.2 Å². The van der Waals surface area contributed by atoms with Crippen molar-refractivity contribution in [3.05, 3.63) is 65.1 Å². The van der Waals surface area contributed by atoms with Gasteiger partial charge in [0.1, 0.15) is 34.0 Å². The van der Waals surface area contributed by atoms with Gasteiger partial charge >= 0.3 is 12.2 Å². The number of fused-ring (bicyclic) bond motifs is 1. The van der Waals surface area contributed by atoms with Crippen LogP contribution < -0.4 is 37.0 Å². The maximum atomic E-state index is 12.9. The average molecular weight is 961 g/mol. The maximum Gasteiger partial charge on any atom is 0.410 e. The Kier molecular flexibility index (Phi) is 15.0. The number of hydrogen-bond donors (Lipinski definition) is 4. The zero-order chi connectivity index (χ0) is 49.6. The van der Waals surface area contributed by atoms with Gasteiger partial charge in [-0.15, -0.1) is 0 Å². The van der Waals surface area contributed by atoms with Crippen LogP contribution in [-0.4, -0.2) is 131 Å². The number of carbonyl (C=O) groups excluding carboxylic acids is 2. The van der Waals surface area contributed by atoms with Crippen LogP contribution in [0.4, 0.5) is 56.0 Å². The molecule has 5 aromatic heterocycles. The number of piperazine rings is 2. The second-order valence-electron chi connectivity index (χ2n) is 20.3. The molecule has 70 heavy (non-hydrogen) atoms. The molecule has 7 heterocycles. The standard InChI is InChI=1S/C26H34N8O3.C23H34N8O2/c1-17-23(35)34(18-7-5-6-8-18)22-20(29-17)16-28-24(31-22)30-21-10-9-19(15-27-21)32-11-13-33(14-12-32)25(36)37-26(2,3)4;1-23(2,3)33-22(32)31-12-10-30(11-13-31)17-8-9-19(25-14-17)28-21-26-15-18(24)20(29-21)27-16-6-4-5-7-16/h9-10,15-16,18H,5-8,11-14H2,1-4H3,(H,27,28,30,31);8-9,14-16H,4-7,10-13,24H2,1-3H3,(H2,25,26,27,28,29). The highest BCUT2D eigenvalue weighted by molar-refractivity contribution is 5.72. The largest absolute Gasteiger partial charge is 0.444 e. The molecule has 21 nitrogen and oxygen atoms in total. The molecule has 5 aromatic rings. The predicted octanol–water partition coefficient (Wildman–Crippen LogP) is 7.41. The minimum absolute atomic E-state index is 0.0849. The van der Waals surface area contributed by atoms with Crippen LogP contribution in [0.2, 0.25) is 0 Å². The molecule has 0 spiro atoms. The van der Waals surface area contributed by atoms with Gasteiger partial charge in [0.15, 0.2) is 11.5 Å². The van der Waals surface area contributed by atoms with E-state index >= 15 is 0 Å². The zero-order valence-corrected chi connectivity index (χ0v) is 41.6. The van der Waals surface area contributed by atoms with Crippen LogP contribution in [0.1, 0.15) is 105 Å². The molecule has 0 bridgehead atoms. The monoisotopic (exact) mass is 961 g/mol. The van der Waals surface area contributed by atoms with Gasteiger partial charge in [0.25, 0.3) is 5.56 Å². The SMILES string of the molecule is CC(C)(C)OC(=O)N1CCN(c2ccc(Nc3ncc(N)c(NC4CCCC4)n3)nc2)CC1.Cc1nc2cnc(Nc3ccc(N4CCN(C(=O)OC(C)(C)C)CC4)cn3)nc2n(C2CCCC2)c1=O. The fraction of sp³-hybridized carbons (Fsp3) is 0.551. The van der Waals surface area contributed by atoms with Crippen LogP contribution in [0.5, 0.6) is 0 Å². The van der Waals surface area contributed by atoms with Crippen LogP contribution in [0.25, 0.3) is 11.2 Å². The van der Waals surface area contributed by atoms with Gasteiger partial charge in [-0.3, -0.25) is 9.36 Å². The van der Waals surface area contributed by atoms with Gasteiger partial charge in [-0.1, -0.05) is 25.7 Å². The smallest absolute Gasteiger partial charge is 0.410 e. The van der Waals surface area contributed by atoms with Crippen molar-refractivity contribution in [3.8, 4) is 0 Å². The summed E-state index contributed by atoms with van der Waals surface area (Å²) in [6.07, 6.45) is 15.3. The van der Waals surface area contributed by atoms with Crippen molar-refractivity contribution in [1.29, 1.82) is 0 Å². The third-order valence-electron chi connectivity index (χ3n) is 12.6. The van der Waals surface area contributed by atoms with E-state index < -0.39 is 11.2 Å². The van der Waals surface area contributed by atoms with Crippen LogP contribution >= 0.6 is 0 Å². The van der Waals surface area contributed by atoms with Crippen molar-refractivity contribution in [2.45, 2.75) is 123 Å². The van der Waals surface area contributed by atoms with E-state index in [-0.39, 0.29) is 23.8 Å². The molecule has 2 aliphatic heterocycles. The van der Waals surface area contributed by atoms with Crippen LogP contribution in [-0.2, 0) is 9.47 Å². The topological polar surface area (TPSA) is 240 Å². The number of pyridine rings is 2. The summed E-state index contributed by atoms with van der Waals surface area (Å²) in [5, 5.41) is 9.74. The Morgan fingerprint density at radius 3 is 1.60 bits per heavy atom. The number of nitrogens with two attached hydrogens (primary N) is 1. The normalized spacial score (nSPS) is 17.0. The van der Waals surface area contributed by atoms with Crippen molar-refractivity contribution in [2.24, 2.45) is 0 Å². The fourth-order valence-corrected chi connectivity index (χ4v) is 8.98. The van der Waals surface area contributed by atoms with Crippen molar-refractivity contribution in [3.63, 3.8) is 0 Å². The van der Waals surface area contributed by atoms with E-state index in [1.807, 2.05) is 72.0 Å². The molecule has 0 aromatic carbocycles. The van der Waals surface area contributed by atoms with Gasteiger partial charge in [0, 0.05) is 64.4 Å². The van der Waals surface area contributed by atoms with Crippen LogP contribution in [0.3, 0.4) is 0 Å². The lowest BCUT2D eigenvalue weighted by Gasteiger charge is -2.36. The summed E-state index contributed by atoms with van der Waals surface area (Å²) in [5.74, 6) is 2.75. The lowest BCUT2D eigenvalue weighted by atomic mass is 10.2. The first-order valence-corrected chi connectivity index (χ1v) is 24.5. The highest BCUT2D eigenvalue weighted by atomic mass is 16.6. The molecule has 5 N–H and O–H groups in total. The van der Waals surface area contributed by atoms with Crippen molar-refractivity contribution in [1.82, 2.24) is 49.3 Å². The zero-order valence-electron chi connectivity index (χ0n) is 41.6. The summed E-state index contributed by atoms with van der Waals surface area (Å²) in [4.78, 5) is 76.7. The molecule has 374 valence electrons. The fourth-order valence-electron chi connectivity index (χ4n) is 8.98. The first-order valence-electron chi connectivity index (χ1n) is 24.5. The van der Waals surface area contributed by atoms with E-state index in [4.69, 9.17) is 15.2 Å². The number of ether oxygens (including phenoxy) is 2. The number of anilines is 8. The Balaban J connectivity index is 0.000000190. The predicted molar refractivity (Wildman–Crippen MR) is 271 cm³/mol. The average Bonchev–Trinajstić information content (AvgIpc) is 4.06. The molecular formula is C49H68N16O5. The van der Waals surface area contributed by atoms with Gasteiger partial charge in [0.05, 0.1) is 41.8 Å². The lowest BCUT2D eigenvalue weighted by molar-refractivity contribution is 0.0230. The van der Waals surface area contributed by atoms with Gasteiger partial charge in [0.2, 0.25) is 11.9 Å². The minimum Gasteiger partial charge on any atom is -0.444 e. The molecule has 4 fully saturated rings. The summed E-state index contributed by atoms with van der Waals surface area (Å²) >= 11 is 0. The molecule has 0 unspecified atom stereocenters. The van der Waals surface area contributed by atoms with E-state index in [0.717, 1.165) is 63.0 Å². The Hall–Kier alpha value is -7.06. The first kappa shape index (κ1) is 49.4. The van der Waals surface area contributed by atoms with Crippen LogP contribution in [0, 0.1) is 6.92 Å². The molecule has 4 aliphatic rings. The van der Waals surface area contributed by atoms with E-state index in [9.17, 15) is 14.4 Å². The summed E-state index contributed by atoms with van der Waals surface area (Å²) in [7, 11) is 0. The number of aryl methyl sites for hydroxylation is 1. The van der Waals surface area contributed by atoms with Gasteiger partial charge in [-0.2, -0.15) is 9.97 Å². The van der Waals surface area contributed by atoms with Crippen molar-refractivity contribution < 1.29 is 19.1 Å². The van der Waals surface area contributed by atoms with E-state index in [1.54, 1.807) is 39.9 Å². The van der Waals surface area contributed by atoms with E-state index in [2.05, 4.69) is 60.6 Å². The third kappa shape index (κ3) is 12.8. The van der Waals surface area contributed by atoms with Gasteiger partial charge < -0.3 is 50.8 Å². The molecule has 2 saturated heterocycles. The molecule has 0 radical (unpaired) electrons. The minimum atomic E-state index is -0.501. The maximum absolute atomic E-state index is 12.9. The molecule has 9 rings (SSSR count). The molecule has 2 saturated carbocycles.